The van der Waals surface area contributed by atoms with Crippen molar-refractivity contribution in [3.05, 3.63) is 0 Å². The first-order valence-electron chi connectivity index (χ1n) is 10.8. The van der Waals surface area contributed by atoms with Gasteiger partial charge in [-0.2, -0.15) is 0 Å². The van der Waals surface area contributed by atoms with E-state index in [1.807, 2.05) is 0 Å². The van der Waals surface area contributed by atoms with Crippen LogP contribution in [0.2, 0.25) is 0 Å². The quantitative estimate of drug-likeness (QED) is 0.394. The zero-order valence-corrected chi connectivity index (χ0v) is 16.2. The van der Waals surface area contributed by atoms with Crippen LogP contribution in [0.4, 0.5) is 0 Å². The summed E-state index contributed by atoms with van der Waals surface area (Å²) in [5, 5.41) is 0. The van der Waals surface area contributed by atoms with Crippen LogP contribution < -0.4 is 0 Å². The van der Waals surface area contributed by atoms with Crippen LogP contribution in [0.5, 0.6) is 0 Å². The third kappa shape index (κ3) is 3.99. The standard InChI is InChI=1S/C22H38O2/c1-4-22(11-7-8-12-22)24-21(23)20-15-17-13-18(19(20)14-17)10-6-5-9-16(2)3/h16-20H,4-15H2,1-3H3. The summed E-state index contributed by atoms with van der Waals surface area (Å²) in [4.78, 5) is 12.9. The third-order valence-corrected chi connectivity index (χ3v) is 7.34. The van der Waals surface area contributed by atoms with Crippen LogP contribution in [0, 0.1) is 29.6 Å². The fourth-order valence-corrected chi connectivity index (χ4v) is 5.89. The molecule has 0 aromatic heterocycles. The summed E-state index contributed by atoms with van der Waals surface area (Å²) in [6.07, 6.45) is 14.9. The van der Waals surface area contributed by atoms with Gasteiger partial charge >= 0.3 is 5.97 Å². The number of rotatable bonds is 8. The van der Waals surface area contributed by atoms with Gasteiger partial charge in [-0.1, -0.05) is 46.5 Å². The van der Waals surface area contributed by atoms with Crippen molar-refractivity contribution < 1.29 is 9.53 Å². The Labute approximate surface area is 149 Å². The van der Waals surface area contributed by atoms with Crippen LogP contribution >= 0.6 is 0 Å². The van der Waals surface area contributed by atoms with E-state index >= 15 is 0 Å². The van der Waals surface area contributed by atoms with E-state index in [-0.39, 0.29) is 17.5 Å². The molecule has 2 bridgehead atoms. The molecule has 24 heavy (non-hydrogen) atoms. The Kier molecular flexibility index (Phi) is 5.93. The Balaban J connectivity index is 1.50. The van der Waals surface area contributed by atoms with Crippen LogP contribution in [0.25, 0.3) is 0 Å². The minimum atomic E-state index is -0.105. The molecule has 0 aliphatic heterocycles. The fourth-order valence-electron chi connectivity index (χ4n) is 5.89. The van der Waals surface area contributed by atoms with Gasteiger partial charge in [-0.05, 0) is 75.0 Å². The molecule has 0 radical (unpaired) electrons. The number of hydrogen-bond donors (Lipinski definition) is 0. The lowest BCUT2D eigenvalue weighted by Gasteiger charge is -2.33. The highest BCUT2D eigenvalue weighted by Crippen LogP contribution is 2.54. The SMILES string of the molecule is CCC1(OC(=O)C2CC3CC(CCCCC(C)C)C2C3)CCCC1. The van der Waals surface area contributed by atoms with E-state index in [1.165, 1.54) is 51.4 Å². The van der Waals surface area contributed by atoms with E-state index in [4.69, 9.17) is 4.74 Å². The van der Waals surface area contributed by atoms with Gasteiger partial charge in [-0.15, -0.1) is 0 Å². The van der Waals surface area contributed by atoms with Crippen LogP contribution in [0.1, 0.15) is 97.8 Å². The van der Waals surface area contributed by atoms with E-state index in [1.54, 1.807) is 0 Å². The molecule has 3 rings (SSSR count). The lowest BCUT2D eigenvalue weighted by Crippen LogP contribution is -2.37. The molecule has 138 valence electrons. The highest BCUT2D eigenvalue weighted by atomic mass is 16.6. The molecule has 4 atom stereocenters. The maximum atomic E-state index is 12.9. The molecule has 0 aromatic carbocycles. The van der Waals surface area contributed by atoms with E-state index in [2.05, 4.69) is 20.8 Å². The smallest absolute Gasteiger partial charge is 0.309 e. The summed E-state index contributed by atoms with van der Waals surface area (Å²) in [5.41, 5.74) is -0.105. The highest BCUT2D eigenvalue weighted by Gasteiger charge is 2.50. The fraction of sp³-hybridized carbons (Fsp3) is 0.955. The van der Waals surface area contributed by atoms with Crippen molar-refractivity contribution in [3.8, 4) is 0 Å². The van der Waals surface area contributed by atoms with Gasteiger partial charge in [-0.3, -0.25) is 4.79 Å². The van der Waals surface area contributed by atoms with E-state index in [0.29, 0.717) is 5.92 Å². The summed E-state index contributed by atoms with van der Waals surface area (Å²) in [7, 11) is 0. The average Bonchev–Trinajstić information content (AvgIpc) is 3.26. The summed E-state index contributed by atoms with van der Waals surface area (Å²) >= 11 is 0. The van der Waals surface area contributed by atoms with Crippen LogP contribution in [0.3, 0.4) is 0 Å². The number of unbranched alkanes of at least 4 members (excludes halogenated alkanes) is 1. The molecule has 0 amide bonds. The predicted octanol–water partition coefficient (Wildman–Crippen LogP) is 6.13. The van der Waals surface area contributed by atoms with Crippen molar-refractivity contribution in [1.29, 1.82) is 0 Å². The number of ether oxygens (including phenoxy) is 1. The summed E-state index contributed by atoms with van der Waals surface area (Å²) in [6, 6.07) is 0. The molecule has 0 N–H and O–H groups in total. The average molecular weight is 335 g/mol. The van der Waals surface area contributed by atoms with Gasteiger partial charge in [-0.25, -0.2) is 0 Å². The second kappa shape index (κ2) is 7.79. The lowest BCUT2D eigenvalue weighted by atomic mass is 9.78. The molecular weight excluding hydrogens is 296 g/mol. The van der Waals surface area contributed by atoms with Gasteiger partial charge in [0.05, 0.1) is 5.92 Å². The zero-order chi connectivity index (χ0) is 17.2. The Morgan fingerprint density at radius 1 is 1.12 bits per heavy atom. The molecule has 2 heteroatoms. The Morgan fingerprint density at radius 3 is 2.50 bits per heavy atom. The minimum Gasteiger partial charge on any atom is -0.459 e. The van der Waals surface area contributed by atoms with Crippen molar-refractivity contribution in [2.75, 3.05) is 0 Å². The number of carbonyl (C=O) groups excluding carboxylic acids is 1. The highest BCUT2D eigenvalue weighted by molar-refractivity contribution is 5.74. The second-order valence-electron chi connectivity index (χ2n) is 9.45. The van der Waals surface area contributed by atoms with Crippen molar-refractivity contribution in [3.63, 3.8) is 0 Å². The van der Waals surface area contributed by atoms with Gasteiger partial charge in [0.15, 0.2) is 0 Å². The van der Waals surface area contributed by atoms with Gasteiger partial charge in [0.1, 0.15) is 5.60 Å². The summed E-state index contributed by atoms with van der Waals surface area (Å²) in [5.74, 6) is 3.46. The maximum Gasteiger partial charge on any atom is 0.309 e. The Hall–Kier alpha value is -0.530. The van der Waals surface area contributed by atoms with Gasteiger partial charge in [0, 0.05) is 0 Å². The molecule has 3 saturated carbocycles. The monoisotopic (exact) mass is 334 g/mol. The van der Waals surface area contributed by atoms with Gasteiger partial charge in [0.25, 0.3) is 0 Å². The molecule has 2 nitrogen and oxygen atoms in total. The van der Waals surface area contributed by atoms with Crippen molar-refractivity contribution in [2.24, 2.45) is 29.6 Å². The molecule has 4 unspecified atom stereocenters. The van der Waals surface area contributed by atoms with E-state index in [9.17, 15) is 4.79 Å². The summed E-state index contributed by atoms with van der Waals surface area (Å²) < 4.78 is 6.15. The number of hydrogen-bond acceptors (Lipinski definition) is 2. The first kappa shape index (κ1) is 18.3. The van der Waals surface area contributed by atoms with Crippen LogP contribution in [0.15, 0.2) is 0 Å². The minimum absolute atomic E-state index is 0.105. The Bertz CT molecular complexity index is 422. The molecule has 3 fully saturated rings. The van der Waals surface area contributed by atoms with Gasteiger partial charge in [0.2, 0.25) is 0 Å². The van der Waals surface area contributed by atoms with E-state index < -0.39 is 0 Å². The number of esters is 1. The molecule has 3 aliphatic rings. The Morgan fingerprint density at radius 2 is 1.88 bits per heavy atom. The van der Waals surface area contributed by atoms with Crippen LogP contribution in [-0.4, -0.2) is 11.6 Å². The molecule has 0 heterocycles. The second-order valence-corrected chi connectivity index (χ2v) is 9.45. The molecule has 0 spiro atoms. The normalized spacial score (nSPS) is 34.2. The number of fused-ring (bicyclic) bond motifs is 2. The molecule has 0 aromatic rings. The molecular formula is C22H38O2. The van der Waals surface area contributed by atoms with Gasteiger partial charge < -0.3 is 4.74 Å². The molecule has 3 aliphatic carbocycles. The number of carbonyl (C=O) groups is 1. The van der Waals surface area contributed by atoms with Crippen LogP contribution in [-0.2, 0) is 9.53 Å². The predicted molar refractivity (Wildman–Crippen MR) is 98.7 cm³/mol. The molecule has 0 saturated heterocycles. The maximum absolute atomic E-state index is 12.9. The van der Waals surface area contributed by atoms with Crippen molar-refractivity contribution >= 4 is 5.97 Å². The lowest BCUT2D eigenvalue weighted by molar-refractivity contribution is -0.167. The zero-order valence-electron chi connectivity index (χ0n) is 16.2. The summed E-state index contributed by atoms with van der Waals surface area (Å²) in [6.45, 7) is 6.82. The van der Waals surface area contributed by atoms with Crippen molar-refractivity contribution in [1.82, 2.24) is 0 Å². The first-order valence-corrected chi connectivity index (χ1v) is 10.8. The van der Waals surface area contributed by atoms with Crippen molar-refractivity contribution in [2.45, 2.75) is 103 Å². The first-order chi connectivity index (χ1) is 11.5. The third-order valence-electron chi connectivity index (χ3n) is 7.34. The topological polar surface area (TPSA) is 26.3 Å². The largest absolute Gasteiger partial charge is 0.459 e. The van der Waals surface area contributed by atoms with E-state index in [0.717, 1.165) is 43.4 Å².